The Labute approximate surface area is 162 Å². The average molecular weight is 396 g/mol. The van der Waals surface area contributed by atoms with E-state index in [9.17, 15) is 9.59 Å². The Morgan fingerprint density at radius 3 is 2.44 bits per heavy atom. The highest BCUT2D eigenvalue weighted by atomic mass is 35.5. The van der Waals surface area contributed by atoms with Crippen LogP contribution in [0.25, 0.3) is 0 Å². The largest absolute Gasteiger partial charge is 0.490 e. The van der Waals surface area contributed by atoms with Gasteiger partial charge in [0.2, 0.25) is 0 Å². The van der Waals surface area contributed by atoms with Gasteiger partial charge in [0.05, 0.1) is 18.9 Å². The maximum absolute atomic E-state index is 12.1. The number of halogens is 1. The number of esters is 1. The van der Waals surface area contributed by atoms with Gasteiger partial charge in [0.25, 0.3) is 5.91 Å². The third kappa shape index (κ3) is 5.13. The zero-order chi connectivity index (χ0) is 20.0. The summed E-state index contributed by atoms with van der Waals surface area (Å²) in [7, 11) is 1.61. The van der Waals surface area contributed by atoms with Gasteiger partial charge in [-0.1, -0.05) is 11.6 Å². The number of nitrogens with one attached hydrogen (secondary N) is 1. The summed E-state index contributed by atoms with van der Waals surface area (Å²) in [5.74, 6) is -0.0903. The van der Waals surface area contributed by atoms with E-state index in [1.165, 1.54) is 4.68 Å². The molecule has 0 fully saturated rings. The highest BCUT2D eigenvalue weighted by molar-refractivity contribution is 6.32. The summed E-state index contributed by atoms with van der Waals surface area (Å²) in [6, 6.07) is 5.03. The van der Waals surface area contributed by atoms with Gasteiger partial charge in [-0.2, -0.15) is 5.10 Å². The van der Waals surface area contributed by atoms with Crippen molar-refractivity contribution in [1.82, 2.24) is 9.78 Å². The molecule has 0 radical (unpaired) electrons. The normalized spacial score (nSPS) is 10.4. The van der Waals surface area contributed by atoms with E-state index in [-0.39, 0.29) is 10.7 Å². The number of hydrogen-bond acceptors (Lipinski definition) is 6. The summed E-state index contributed by atoms with van der Waals surface area (Å²) in [5, 5.41) is 6.84. The first-order chi connectivity index (χ1) is 12.9. The Balaban J connectivity index is 1.99. The minimum atomic E-state index is -0.706. The number of rotatable bonds is 8. The number of anilines is 1. The smallest absolute Gasteiger partial charge is 0.343 e. The Morgan fingerprint density at radius 1 is 1.19 bits per heavy atom. The number of nitrogens with zero attached hydrogens (tertiary/aromatic N) is 2. The number of amides is 1. The molecule has 2 aromatic rings. The first-order valence-corrected chi connectivity index (χ1v) is 8.80. The second kappa shape index (κ2) is 9.27. The molecule has 0 saturated heterocycles. The average Bonchev–Trinajstić information content (AvgIpc) is 2.87. The quantitative estimate of drug-likeness (QED) is 0.691. The van der Waals surface area contributed by atoms with E-state index >= 15 is 0 Å². The molecule has 0 aliphatic heterocycles. The summed E-state index contributed by atoms with van der Waals surface area (Å²) in [4.78, 5) is 24.2. The van der Waals surface area contributed by atoms with Crippen LogP contribution in [0.5, 0.6) is 11.5 Å². The lowest BCUT2D eigenvalue weighted by Gasteiger charge is -2.13. The predicted octanol–water partition coefficient (Wildman–Crippen LogP) is 2.97. The molecule has 0 aliphatic rings. The lowest BCUT2D eigenvalue weighted by Crippen LogP contribution is -2.21. The molecule has 8 nitrogen and oxygen atoms in total. The SMILES string of the molecule is CCOc1ccc(NC(=O)COC(=O)c2c(C)nn(C)c2Cl)cc1OCC. The molecular weight excluding hydrogens is 374 g/mol. The molecule has 0 atom stereocenters. The van der Waals surface area contributed by atoms with Gasteiger partial charge in [0.15, 0.2) is 18.1 Å². The molecular formula is C18H22ClN3O5. The molecule has 1 N–H and O–H groups in total. The number of carbonyl (C=O) groups is 2. The third-order valence-corrected chi connectivity index (χ3v) is 3.95. The predicted molar refractivity (Wildman–Crippen MR) is 101 cm³/mol. The number of benzene rings is 1. The van der Waals surface area contributed by atoms with Gasteiger partial charge in [-0.3, -0.25) is 9.48 Å². The van der Waals surface area contributed by atoms with Crippen LogP contribution in [0.3, 0.4) is 0 Å². The Morgan fingerprint density at radius 2 is 1.85 bits per heavy atom. The van der Waals surface area contributed by atoms with E-state index < -0.39 is 18.5 Å². The molecule has 1 aromatic heterocycles. The molecule has 0 saturated carbocycles. The molecule has 146 valence electrons. The molecule has 1 amide bonds. The van der Waals surface area contributed by atoms with Crippen molar-refractivity contribution >= 4 is 29.2 Å². The maximum atomic E-state index is 12.1. The van der Waals surface area contributed by atoms with Gasteiger partial charge in [-0.05, 0) is 32.9 Å². The third-order valence-electron chi connectivity index (χ3n) is 3.52. The summed E-state index contributed by atoms with van der Waals surface area (Å²) < 4.78 is 17.4. The van der Waals surface area contributed by atoms with Crippen molar-refractivity contribution in [1.29, 1.82) is 0 Å². The Hall–Kier alpha value is -2.74. The fourth-order valence-corrected chi connectivity index (χ4v) is 2.64. The summed E-state index contributed by atoms with van der Waals surface area (Å²) in [5.41, 5.74) is 1.07. The fraction of sp³-hybridized carbons (Fsp3) is 0.389. The summed E-state index contributed by atoms with van der Waals surface area (Å²) in [6.45, 7) is 5.86. The molecule has 2 rings (SSSR count). The molecule has 0 bridgehead atoms. The van der Waals surface area contributed by atoms with Crippen molar-refractivity contribution in [3.63, 3.8) is 0 Å². The van der Waals surface area contributed by atoms with Crippen LogP contribution in [0.1, 0.15) is 29.9 Å². The number of ether oxygens (including phenoxy) is 3. The van der Waals surface area contributed by atoms with Crippen LogP contribution in [0.4, 0.5) is 5.69 Å². The van der Waals surface area contributed by atoms with Gasteiger partial charge >= 0.3 is 5.97 Å². The van der Waals surface area contributed by atoms with Crippen LogP contribution in [0, 0.1) is 6.92 Å². The van der Waals surface area contributed by atoms with E-state index in [1.54, 1.807) is 32.2 Å². The molecule has 0 aliphatic carbocycles. The van der Waals surface area contributed by atoms with Gasteiger partial charge in [0.1, 0.15) is 10.7 Å². The van der Waals surface area contributed by atoms with Crippen molar-refractivity contribution in [2.24, 2.45) is 7.05 Å². The van der Waals surface area contributed by atoms with E-state index in [1.807, 2.05) is 13.8 Å². The molecule has 27 heavy (non-hydrogen) atoms. The van der Waals surface area contributed by atoms with Crippen LogP contribution in [-0.4, -0.2) is 41.5 Å². The zero-order valence-corrected chi connectivity index (χ0v) is 16.4. The second-order valence-electron chi connectivity index (χ2n) is 5.53. The monoisotopic (exact) mass is 395 g/mol. The minimum absolute atomic E-state index is 0.145. The number of aryl methyl sites for hydroxylation is 2. The number of carbonyl (C=O) groups excluding carboxylic acids is 2. The Bertz CT molecular complexity index is 835. The van der Waals surface area contributed by atoms with Crippen LogP contribution < -0.4 is 14.8 Å². The summed E-state index contributed by atoms with van der Waals surface area (Å²) in [6.07, 6.45) is 0. The lowest BCUT2D eigenvalue weighted by atomic mass is 10.2. The highest BCUT2D eigenvalue weighted by Gasteiger charge is 2.21. The van der Waals surface area contributed by atoms with E-state index in [2.05, 4.69) is 10.4 Å². The van der Waals surface area contributed by atoms with Gasteiger partial charge in [-0.15, -0.1) is 0 Å². The van der Waals surface area contributed by atoms with Crippen LogP contribution >= 0.6 is 11.6 Å². The van der Waals surface area contributed by atoms with Gasteiger partial charge < -0.3 is 19.5 Å². The first kappa shape index (κ1) is 20.6. The van der Waals surface area contributed by atoms with Crippen molar-refractivity contribution < 1.29 is 23.8 Å². The molecule has 0 spiro atoms. The van der Waals surface area contributed by atoms with Crippen LogP contribution in [-0.2, 0) is 16.6 Å². The molecule has 9 heteroatoms. The van der Waals surface area contributed by atoms with Gasteiger partial charge in [0, 0.05) is 18.8 Å². The fourth-order valence-electron chi connectivity index (χ4n) is 2.39. The van der Waals surface area contributed by atoms with Crippen molar-refractivity contribution in [3.8, 4) is 11.5 Å². The van der Waals surface area contributed by atoms with E-state index in [4.69, 9.17) is 25.8 Å². The molecule has 1 aromatic carbocycles. The van der Waals surface area contributed by atoms with Crippen molar-refractivity contribution in [2.45, 2.75) is 20.8 Å². The van der Waals surface area contributed by atoms with Crippen LogP contribution in [0.2, 0.25) is 5.15 Å². The highest BCUT2D eigenvalue weighted by Crippen LogP contribution is 2.30. The number of hydrogen-bond donors (Lipinski definition) is 1. The topological polar surface area (TPSA) is 91.7 Å². The second-order valence-corrected chi connectivity index (χ2v) is 5.88. The van der Waals surface area contributed by atoms with Gasteiger partial charge in [-0.25, -0.2) is 4.79 Å². The zero-order valence-electron chi connectivity index (χ0n) is 15.7. The standard InChI is InChI=1S/C18H22ClN3O5/c1-5-25-13-8-7-12(9-14(13)26-6-2)20-15(23)10-27-18(24)16-11(3)21-22(4)17(16)19/h7-9H,5-6,10H2,1-4H3,(H,20,23). The molecule has 0 unspecified atom stereocenters. The lowest BCUT2D eigenvalue weighted by molar-refractivity contribution is -0.119. The first-order valence-electron chi connectivity index (χ1n) is 8.43. The molecule has 1 heterocycles. The Kier molecular flexibility index (Phi) is 7.06. The maximum Gasteiger partial charge on any atom is 0.343 e. The van der Waals surface area contributed by atoms with Crippen LogP contribution in [0.15, 0.2) is 18.2 Å². The number of aromatic nitrogens is 2. The van der Waals surface area contributed by atoms with E-state index in [0.29, 0.717) is 36.1 Å². The van der Waals surface area contributed by atoms with Crippen molar-refractivity contribution in [3.05, 3.63) is 34.6 Å². The minimum Gasteiger partial charge on any atom is -0.490 e. The summed E-state index contributed by atoms with van der Waals surface area (Å²) >= 11 is 6.01. The van der Waals surface area contributed by atoms with Crippen molar-refractivity contribution in [2.75, 3.05) is 25.1 Å². The van der Waals surface area contributed by atoms with E-state index in [0.717, 1.165) is 0 Å².